The number of aromatic nitrogens is 1. The van der Waals surface area contributed by atoms with Gasteiger partial charge in [0.2, 0.25) is 0 Å². The first-order valence-corrected chi connectivity index (χ1v) is 6.55. The van der Waals surface area contributed by atoms with Gasteiger partial charge in [0.25, 0.3) is 5.91 Å². The van der Waals surface area contributed by atoms with Crippen LogP contribution in [0.2, 0.25) is 5.02 Å². The molecule has 20 heavy (non-hydrogen) atoms. The third-order valence-corrected chi connectivity index (χ3v) is 3.12. The summed E-state index contributed by atoms with van der Waals surface area (Å²) in [5.41, 5.74) is 1.20. The van der Waals surface area contributed by atoms with Crippen molar-refractivity contribution in [1.29, 1.82) is 0 Å². The Morgan fingerprint density at radius 1 is 1.35 bits per heavy atom. The molecule has 4 nitrogen and oxygen atoms in total. The minimum atomic E-state index is -0.248. The van der Waals surface area contributed by atoms with Crippen LogP contribution in [-0.4, -0.2) is 18.0 Å². The first-order chi connectivity index (χ1) is 9.61. The molecule has 2 aromatic rings. The van der Waals surface area contributed by atoms with E-state index in [1.807, 2.05) is 25.1 Å². The zero-order valence-electron chi connectivity index (χ0n) is 11.3. The average molecular weight is 291 g/mol. The number of benzene rings is 1. The Bertz CT molecular complexity index is 602. The Labute approximate surface area is 122 Å². The van der Waals surface area contributed by atoms with E-state index >= 15 is 0 Å². The van der Waals surface area contributed by atoms with E-state index in [9.17, 15) is 4.79 Å². The van der Waals surface area contributed by atoms with E-state index in [0.717, 1.165) is 5.69 Å². The molecular formula is C15H15ClN2O2. The van der Waals surface area contributed by atoms with Gasteiger partial charge in [0.1, 0.15) is 5.75 Å². The number of amides is 1. The molecule has 0 aliphatic carbocycles. The van der Waals surface area contributed by atoms with Gasteiger partial charge in [0.15, 0.2) is 0 Å². The van der Waals surface area contributed by atoms with Crippen LogP contribution in [0.25, 0.3) is 0 Å². The summed E-state index contributed by atoms with van der Waals surface area (Å²) in [5.74, 6) is 0.239. The van der Waals surface area contributed by atoms with Gasteiger partial charge in [-0.2, -0.15) is 0 Å². The van der Waals surface area contributed by atoms with Crippen molar-refractivity contribution in [3.8, 4) is 5.75 Å². The molecule has 0 bridgehead atoms. The highest BCUT2D eigenvalue weighted by Crippen LogP contribution is 2.23. The van der Waals surface area contributed by atoms with Crippen LogP contribution in [0, 0.1) is 0 Å². The standard InChI is InChI=1S/C15H15ClN2O2/c1-10(13-5-3-4-8-17-13)18-15(19)12-9-11(16)6-7-14(12)20-2/h3-10H,1-2H3,(H,18,19)/t10-/m1/s1. The first-order valence-electron chi connectivity index (χ1n) is 6.17. The number of halogens is 1. The van der Waals surface area contributed by atoms with Crippen LogP contribution in [-0.2, 0) is 0 Å². The highest BCUT2D eigenvalue weighted by molar-refractivity contribution is 6.31. The van der Waals surface area contributed by atoms with Crippen LogP contribution in [0.15, 0.2) is 42.6 Å². The first kappa shape index (κ1) is 14.3. The van der Waals surface area contributed by atoms with Crippen molar-refractivity contribution in [2.45, 2.75) is 13.0 Å². The second kappa shape index (κ2) is 6.39. The molecule has 1 aromatic heterocycles. The molecule has 1 N–H and O–H groups in total. The van der Waals surface area contributed by atoms with Crippen molar-refractivity contribution in [1.82, 2.24) is 10.3 Å². The Hall–Kier alpha value is -2.07. The summed E-state index contributed by atoms with van der Waals surface area (Å²) in [6.45, 7) is 1.87. The van der Waals surface area contributed by atoms with Crippen LogP contribution in [0.5, 0.6) is 5.75 Å². The van der Waals surface area contributed by atoms with Gasteiger partial charge in [0, 0.05) is 11.2 Å². The lowest BCUT2D eigenvalue weighted by Gasteiger charge is -2.15. The molecule has 0 unspecified atom stereocenters. The van der Waals surface area contributed by atoms with Crippen molar-refractivity contribution < 1.29 is 9.53 Å². The van der Waals surface area contributed by atoms with Crippen LogP contribution in [0.4, 0.5) is 0 Å². The van der Waals surface area contributed by atoms with E-state index in [-0.39, 0.29) is 11.9 Å². The SMILES string of the molecule is COc1ccc(Cl)cc1C(=O)N[C@H](C)c1ccccn1. The van der Waals surface area contributed by atoms with Crippen LogP contribution < -0.4 is 10.1 Å². The number of ether oxygens (including phenoxy) is 1. The largest absolute Gasteiger partial charge is 0.496 e. The minimum Gasteiger partial charge on any atom is -0.496 e. The summed E-state index contributed by atoms with van der Waals surface area (Å²) in [5, 5.41) is 3.36. The van der Waals surface area contributed by atoms with Gasteiger partial charge in [-0.1, -0.05) is 17.7 Å². The number of hydrogen-bond donors (Lipinski definition) is 1. The average Bonchev–Trinajstić information content (AvgIpc) is 2.48. The predicted molar refractivity (Wildman–Crippen MR) is 78.1 cm³/mol. The molecule has 2 rings (SSSR count). The second-order valence-electron chi connectivity index (χ2n) is 4.29. The summed E-state index contributed by atoms with van der Waals surface area (Å²) >= 11 is 5.92. The number of pyridine rings is 1. The number of carbonyl (C=O) groups excluding carboxylic acids is 1. The highest BCUT2D eigenvalue weighted by atomic mass is 35.5. The van der Waals surface area contributed by atoms with Crippen LogP contribution >= 0.6 is 11.6 Å². The maximum Gasteiger partial charge on any atom is 0.255 e. The molecule has 104 valence electrons. The lowest BCUT2D eigenvalue weighted by atomic mass is 10.1. The molecular weight excluding hydrogens is 276 g/mol. The molecule has 5 heteroatoms. The van der Waals surface area contributed by atoms with Crippen molar-refractivity contribution >= 4 is 17.5 Å². The smallest absolute Gasteiger partial charge is 0.255 e. The Morgan fingerprint density at radius 3 is 2.80 bits per heavy atom. The number of nitrogens with one attached hydrogen (secondary N) is 1. The molecule has 0 radical (unpaired) electrons. The van der Waals surface area contributed by atoms with Crippen LogP contribution in [0.3, 0.4) is 0 Å². The summed E-state index contributed by atoms with van der Waals surface area (Å²) in [4.78, 5) is 16.5. The molecule has 0 saturated carbocycles. The second-order valence-corrected chi connectivity index (χ2v) is 4.73. The van der Waals surface area contributed by atoms with E-state index in [0.29, 0.717) is 16.3 Å². The molecule has 0 saturated heterocycles. The molecule has 0 aliphatic heterocycles. The Morgan fingerprint density at radius 2 is 2.15 bits per heavy atom. The number of hydrogen-bond acceptors (Lipinski definition) is 3. The molecule has 0 fully saturated rings. The lowest BCUT2D eigenvalue weighted by molar-refractivity contribution is 0.0936. The highest BCUT2D eigenvalue weighted by Gasteiger charge is 2.16. The topological polar surface area (TPSA) is 51.2 Å². The van der Waals surface area contributed by atoms with E-state index in [4.69, 9.17) is 16.3 Å². The fraction of sp³-hybridized carbons (Fsp3) is 0.200. The van der Waals surface area contributed by atoms with Gasteiger partial charge in [0.05, 0.1) is 24.4 Å². The van der Waals surface area contributed by atoms with Gasteiger partial charge in [-0.25, -0.2) is 0 Å². The van der Waals surface area contributed by atoms with Gasteiger partial charge < -0.3 is 10.1 Å². The van der Waals surface area contributed by atoms with E-state index in [2.05, 4.69) is 10.3 Å². The predicted octanol–water partition coefficient (Wildman–Crippen LogP) is 3.23. The molecule has 1 aromatic carbocycles. The van der Waals surface area contributed by atoms with Gasteiger partial charge >= 0.3 is 0 Å². The number of carbonyl (C=O) groups is 1. The summed E-state index contributed by atoms with van der Waals surface area (Å²) < 4.78 is 5.17. The number of rotatable bonds is 4. The zero-order valence-corrected chi connectivity index (χ0v) is 12.0. The van der Waals surface area contributed by atoms with Crippen molar-refractivity contribution in [3.63, 3.8) is 0 Å². The third-order valence-electron chi connectivity index (χ3n) is 2.89. The lowest BCUT2D eigenvalue weighted by Crippen LogP contribution is -2.27. The quantitative estimate of drug-likeness (QED) is 0.940. The maximum absolute atomic E-state index is 12.3. The van der Waals surface area contributed by atoms with Gasteiger partial charge in [-0.15, -0.1) is 0 Å². The van der Waals surface area contributed by atoms with Crippen LogP contribution in [0.1, 0.15) is 29.0 Å². The maximum atomic E-state index is 12.3. The fourth-order valence-corrected chi connectivity index (χ4v) is 2.01. The van der Waals surface area contributed by atoms with E-state index in [1.54, 1.807) is 24.4 Å². The fourth-order valence-electron chi connectivity index (χ4n) is 1.84. The Balaban J connectivity index is 2.18. The molecule has 0 aliphatic rings. The molecule has 1 amide bonds. The van der Waals surface area contributed by atoms with E-state index < -0.39 is 0 Å². The zero-order chi connectivity index (χ0) is 14.5. The molecule has 1 heterocycles. The summed E-state index contributed by atoms with van der Waals surface area (Å²) in [6, 6.07) is 10.3. The van der Waals surface area contributed by atoms with Crippen molar-refractivity contribution in [3.05, 3.63) is 58.9 Å². The van der Waals surface area contributed by atoms with Crippen molar-refractivity contribution in [2.75, 3.05) is 7.11 Å². The number of methoxy groups -OCH3 is 1. The van der Waals surface area contributed by atoms with E-state index in [1.165, 1.54) is 7.11 Å². The monoisotopic (exact) mass is 290 g/mol. The molecule has 1 atom stereocenters. The Kier molecular flexibility index (Phi) is 4.58. The van der Waals surface area contributed by atoms with Crippen molar-refractivity contribution in [2.24, 2.45) is 0 Å². The van der Waals surface area contributed by atoms with Gasteiger partial charge in [-0.3, -0.25) is 9.78 Å². The minimum absolute atomic E-state index is 0.201. The third kappa shape index (κ3) is 3.27. The van der Waals surface area contributed by atoms with Gasteiger partial charge in [-0.05, 0) is 37.3 Å². The summed E-state index contributed by atoms with van der Waals surface area (Å²) in [7, 11) is 1.52. The molecule has 0 spiro atoms. The summed E-state index contributed by atoms with van der Waals surface area (Å²) in [6.07, 6.45) is 1.69. The normalized spacial score (nSPS) is 11.8. The number of nitrogens with zero attached hydrogens (tertiary/aromatic N) is 1.